The van der Waals surface area contributed by atoms with Crippen LogP contribution in [0.4, 0.5) is 5.82 Å². The molecular weight excluding hydrogens is 382 g/mol. The molecule has 0 saturated carbocycles. The molecule has 11 nitrogen and oxygen atoms in total. The summed E-state index contributed by atoms with van der Waals surface area (Å²) in [4.78, 5) is 12.6. The molecule has 5 unspecified atom stereocenters. The molecule has 0 bridgehead atoms. The molecule has 1 fully saturated rings. The number of nitrogens with one attached hydrogen (secondary N) is 1. The number of aliphatic hydroxyl groups excluding tert-OH is 4. The van der Waals surface area contributed by atoms with Crippen molar-refractivity contribution in [1.29, 1.82) is 0 Å². The Balaban J connectivity index is 1.63. The van der Waals surface area contributed by atoms with Gasteiger partial charge in [0.15, 0.2) is 23.2 Å². The van der Waals surface area contributed by atoms with E-state index in [1.165, 1.54) is 17.2 Å². The van der Waals surface area contributed by atoms with E-state index in [4.69, 9.17) is 4.74 Å². The Morgan fingerprint density at radius 2 is 1.83 bits per heavy atom. The number of phenolic OH excluding ortho intramolecular Hbond substituents is 1. The van der Waals surface area contributed by atoms with Crippen LogP contribution in [0.15, 0.2) is 36.9 Å². The predicted octanol–water partition coefficient (Wildman–Crippen LogP) is -0.884. The van der Waals surface area contributed by atoms with Crippen LogP contribution < -0.4 is 5.32 Å². The van der Waals surface area contributed by atoms with Crippen LogP contribution in [-0.2, 0) is 11.3 Å². The van der Waals surface area contributed by atoms with Crippen LogP contribution in [0.3, 0.4) is 0 Å². The highest BCUT2D eigenvalue weighted by Gasteiger charge is 2.44. The van der Waals surface area contributed by atoms with Gasteiger partial charge in [-0.2, -0.15) is 0 Å². The van der Waals surface area contributed by atoms with E-state index in [1.807, 2.05) is 0 Å². The van der Waals surface area contributed by atoms with Crippen LogP contribution in [-0.4, -0.2) is 76.1 Å². The van der Waals surface area contributed by atoms with Gasteiger partial charge in [0.05, 0.1) is 12.9 Å². The first kappa shape index (κ1) is 19.5. The lowest BCUT2D eigenvalue weighted by molar-refractivity contribution is -0.250. The van der Waals surface area contributed by atoms with Crippen molar-refractivity contribution in [2.45, 2.75) is 37.2 Å². The van der Waals surface area contributed by atoms with Gasteiger partial charge in [0, 0.05) is 12.1 Å². The smallest absolute Gasteiger partial charge is 0.167 e. The average molecular weight is 403 g/mol. The van der Waals surface area contributed by atoms with Gasteiger partial charge >= 0.3 is 0 Å². The fraction of sp³-hybridized carbons (Fsp3) is 0.389. The molecular formula is C18H21N5O6. The quantitative estimate of drug-likeness (QED) is 0.315. The number of aromatic nitrogens is 4. The van der Waals surface area contributed by atoms with Gasteiger partial charge in [-0.1, -0.05) is 18.2 Å². The number of aromatic hydroxyl groups is 1. The fourth-order valence-corrected chi connectivity index (χ4v) is 3.32. The number of ether oxygens (including phenoxy) is 1. The van der Waals surface area contributed by atoms with Crippen LogP contribution in [0.1, 0.15) is 11.8 Å². The topological polar surface area (TPSA) is 166 Å². The van der Waals surface area contributed by atoms with Gasteiger partial charge in [-0.05, 0) is 6.07 Å². The molecule has 3 heterocycles. The number of imidazole rings is 1. The minimum atomic E-state index is -1.51. The summed E-state index contributed by atoms with van der Waals surface area (Å²) in [6.45, 7) is -0.234. The number of hydrogen-bond acceptors (Lipinski definition) is 10. The van der Waals surface area contributed by atoms with Crippen LogP contribution in [0.2, 0.25) is 0 Å². The maximum Gasteiger partial charge on any atom is 0.167 e. The highest BCUT2D eigenvalue weighted by Crippen LogP contribution is 2.31. The molecule has 0 amide bonds. The van der Waals surface area contributed by atoms with E-state index in [9.17, 15) is 25.5 Å². The first-order chi connectivity index (χ1) is 14.0. The summed E-state index contributed by atoms with van der Waals surface area (Å²) in [6.07, 6.45) is -3.91. The summed E-state index contributed by atoms with van der Waals surface area (Å²) in [5.74, 6) is 0.554. The zero-order valence-electron chi connectivity index (χ0n) is 15.2. The van der Waals surface area contributed by atoms with Crippen molar-refractivity contribution < 1.29 is 30.3 Å². The lowest BCUT2D eigenvalue weighted by Gasteiger charge is -2.40. The number of hydrogen-bond donors (Lipinski definition) is 6. The van der Waals surface area contributed by atoms with Gasteiger partial charge < -0.3 is 35.6 Å². The number of phenols is 1. The van der Waals surface area contributed by atoms with Crippen LogP contribution in [0, 0.1) is 0 Å². The molecule has 3 aromatic rings. The Morgan fingerprint density at radius 3 is 2.59 bits per heavy atom. The molecule has 0 radical (unpaired) electrons. The number of anilines is 1. The summed E-state index contributed by atoms with van der Waals surface area (Å²) in [6, 6.07) is 6.89. The monoisotopic (exact) mass is 403 g/mol. The van der Waals surface area contributed by atoms with Crippen molar-refractivity contribution in [3.8, 4) is 5.75 Å². The third kappa shape index (κ3) is 3.50. The van der Waals surface area contributed by atoms with Crippen molar-refractivity contribution in [2.24, 2.45) is 0 Å². The first-order valence-corrected chi connectivity index (χ1v) is 9.00. The highest BCUT2D eigenvalue weighted by molar-refractivity contribution is 5.82. The van der Waals surface area contributed by atoms with Gasteiger partial charge in [-0.15, -0.1) is 0 Å². The molecule has 1 aliphatic rings. The van der Waals surface area contributed by atoms with E-state index in [-0.39, 0.29) is 5.75 Å². The third-order valence-corrected chi connectivity index (χ3v) is 4.94. The molecule has 4 rings (SSSR count). The average Bonchev–Trinajstić information content (AvgIpc) is 3.16. The Kier molecular flexibility index (Phi) is 5.30. The predicted molar refractivity (Wildman–Crippen MR) is 99.8 cm³/mol. The number of benzene rings is 1. The van der Waals surface area contributed by atoms with Gasteiger partial charge in [0.2, 0.25) is 0 Å². The first-order valence-electron chi connectivity index (χ1n) is 9.00. The van der Waals surface area contributed by atoms with E-state index < -0.39 is 37.3 Å². The summed E-state index contributed by atoms with van der Waals surface area (Å²) in [5.41, 5.74) is 1.39. The molecule has 154 valence electrons. The zero-order chi connectivity index (χ0) is 20.5. The Hall–Kier alpha value is -2.83. The summed E-state index contributed by atoms with van der Waals surface area (Å²) in [5, 5.41) is 52.7. The van der Waals surface area contributed by atoms with E-state index >= 15 is 0 Å². The van der Waals surface area contributed by atoms with Gasteiger partial charge in [-0.3, -0.25) is 4.57 Å². The molecule has 0 spiro atoms. The van der Waals surface area contributed by atoms with Gasteiger partial charge in [0.25, 0.3) is 0 Å². The lowest BCUT2D eigenvalue weighted by atomic mass is 9.98. The lowest BCUT2D eigenvalue weighted by Crippen LogP contribution is -2.56. The zero-order valence-corrected chi connectivity index (χ0v) is 15.2. The second-order valence-corrected chi connectivity index (χ2v) is 6.75. The van der Waals surface area contributed by atoms with Gasteiger partial charge in [-0.25, -0.2) is 15.0 Å². The van der Waals surface area contributed by atoms with E-state index in [0.717, 1.165) is 0 Å². The molecule has 29 heavy (non-hydrogen) atoms. The largest absolute Gasteiger partial charge is 0.508 e. The number of fused-ring (bicyclic) bond motifs is 1. The number of nitrogens with zero attached hydrogens (tertiary/aromatic N) is 4. The maximum absolute atomic E-state index is 10.4. The number of para-hydroxylation sites is 1. The molecule has 2 aromatic heterocycles. The molecule has 1 aromatic carbocycles. The second-order valence-electron chi connectivity index (χ2n) is 6.75. The minimum absolute atomic E-state index is 0.150. The van der Waals surface area contributed by atoms with E-state index in [0.29, 0.717) is 29.1 Å². The van der Waals surface area contributed by atoms with Crippen molar-refractivity contribution in [2.75, 3.05) is 11.9 Å². The molecule has 5 atom stereocenters. The standard InChI is InChI=1S/C18H21N5O6/c24-6-11-13(26)14(27)15(28)18(29-11)23-8-22-12-16(20-7-21-17(12)23)19-5-9-3-1-2-4-10(9)25/h1-4,7-8,11,13-15,18,24-28H,5-6H2,(H,19,20,21). The fourth-order valence-electron chi connectivity index (χ4n) is 3.32. The van der Waals surface area contributed by atoms with Crippen LogP contribution in [0.5, 0.6) is 5.75 Å². The summed E-state index contributed by atoms with van der Waals surface area (Å²) < 4.78 is 6.97. The van der Waals surface area contributed by atoms with Crippen LogP contribution in [0.25, 0.3) is 11.2 Å². The Labute approximate surface area is 164 Å². The van der Waals surface area contributed by atoms with Crippen molar-refractivity contribution >= 4 is 17.0 Å². The summed E-state index contributed by atoms with van der Waals surface area (Å²) in [7, 11) is 0. The normalized spacial score (nSPS) is 27.2. The Morgan fingerprint density at radius 1 is 1.03 bits per heavy atom. The van der Waals surface area contributed by atoms with Crippen molar-refractivity contribution in [3.63, 3.8) is 0 Å². The second kappa shape index (κ2) is 7.89. The minimum Gasteiger partial charge on any atom is -0.508 e. The van der Waals surface area contributed by atoms with Gasteiger partial charge in [0.1, 0.15) is 36.5 Å². The number of aliphatic hydroxyl groups is 4. The van der Waals surface area contributed by atoms with E-state index in [2.05, 4.69) is 20.3 Å². The van der Waals surface area contributed by atoms with E-state index in [1.54, 1.807) is 24.3 Å². The molecule has 11 heteroatoms. The van der Waals surface area contributed by atoms with Crippen LogP contribution >= 0.6 is 0 Å². The maximum atomic E-state index is 10.4. The third-order valence-electron chi connectivity index (χ3n) is 4.94. The SMILES string of the molecule is OCC1OC(n2cnc3c(NCc4ccccc4O)ncnc32)C(O)C(O)C1O. The highest BCUT2D eigenvalue weighted by atomic mass is 16.6. The molecule has 1 saturated heterocycles. The van der Waals surface area contributed by atoms with Crippen molar-refractivity contribution in [3.05, 3.63) is 42.5 Å². The Bertz CT molecular complexity index is 996. The molecule has 1 aliphatic heterocycles. The summed E-state index contributed by atoms with van der Waals surface area (Å²) >= 11 is 0. The molecule has 6 N–H and O–H groups in total. The molecule has 0 aliphatic carbocycles. The number of rotatable bonds is 5. The van der Waals surface area contributed by atoms with Crippen molar-refractivity contribution in [1.82, 2.24) is 19.5 Å².